The van der Waals surface area contributed by atoms with E-state index < -0.39 is 0 Å². The summed E-state index contributed by atoms with van der Waals surface area (Å²) in [6.45, 7) is 4.51. The Labute approximate surface area is 168 Å². The Hall–Kier alpha value is -1.75. The van der Waals surface area contributed by atoms with Crippen molar-refractivity contribution in [2.45, 2.75) is 69.4 Å². The molecule has 0 unspecified atom stereocenters. The topological polar surface area (TPSA) is 42.0 Å². The first-order chi connectivity index (χ1) is 13.7. The summed E-state index contributed by atoms with van der Waals surface area (Å²) >= 11 is 0. The van der Waals surface area contributed by atoms with Gasteiger partial charge in [0.05, 0.1) is 6.54 Å². The Bertz CT molecular complexity index is 723. The molecule has 1 amide bonds. The molecule has 0 atom stereocenters. The summed E-state index contributed by atoms with van der Waals surface area (Å²) in [6, 6.07) is 7.10. The minimum Gasteiger partial charge on any atom is -0.492 e. The summed E-state index contributed by atoms with van der Waals surface area (Å²) in [5.41, 5.74) is 1.31. The zero-order valence-corrected chi connectivity index (χ0v) is 16.8. The van der Waals surface area contributed by atoms with Crippen LogP contribution in [-0.4, -0.2) is 60.1 Å². The number of amides is 1. The molecule has 1 aromatic carbocycles. The van der Waals surface area contributed by atoms with Crippen molar-refractivity contribution in [1.29, 1.82) is 0 Å². The molecule has 2 saturated heterocycles. The number of hydrogen-bond acceptors (Lipinski definition) is 4. The van der Waals surface area contributed by atoms with E-state index in [1.165, 1.54) is 37.9 Å². The third-order valence-electron chi connectivity index (χ3n) is 7.31. The normalized spacial score (nSPS) is 24.7. The van der Waals surface area contributed by atoms with E-state index in [0.29, 0.717) is 19.6 Å². The lowest BCUT2D eigenvalue weighted by Crippen LogP contribution is -2.53. The molecule has 3 heterocycles. The minimum atomic E-state index is 0.0474. The molecule has 1 aromatic rings. The third-order valence-corrected chi connectivity index (χ3v) is 7.31. The van der Waals surface area contributed by atoms with E-state index in [0.717, 1.165) is 56.2 Å². The van der Waals surface area contributed by atoms with Crippen LogP contribution < -0.4 is 9.47 Å². The number of aryl methyl sites for hydroxylation is 1. The average Bonchev–Trinajstić information content (AvgIpc) is 3.07. The van der Waals surface area contributed by atoms with Crippen LogP contribution in [0.4, 0.5) is 0 Å². The van der Waals surface area contributed by atoms with Crippen molar-refractivity contribution in [2.24, 2.45) is 0 Å². The largest absolute Gasteiger partial charge is 0.492 e. The number of carbonyl (C=O) groups is 1. The van der Waals surface area contributed by atoms with Crippen LogP contribution in [0.1, 0.15) is 56.9 Å². The highest BCUT2D eigenvalue weighted by molar-refractivity contribution is 5.78. The van der Waals surface area contributed by atoms with Gasteiger partial charge in [0, 0.05) is 32.1 Å². The SMILES string of the molecule is O=C1CCCN1CCOc1ccc2c(c1)CCC1(CCN(C3CCC3)CC1)O2. The van der Waals surface area contributed by atoms with Gasteiger partial charge in [-0.15, -0.1) is 0 Å². The molecule has 0 aromatic heterocycles. The van der Waals surface area contributed by atoms with Crippen molar-refractivity contribution < 1.29 is 14.3 Å². The molecule has 3 aliphatic heterocycles. The monoisotopic (exact) mass is 384 g/mol. The standard InChI is InChI=1S/C23H32N2O3/c26-22-5-2-12-25(22)15-16-27-20-6-7-21-18(17-20)8-9-23(28-21)10-13-24(14-11-23)19-3-1-4-19/h6-7,17,19H,1-5,8-16H2. The Balaban J connectivity index is 1.15. The quantitative estimate of drug-likeness (QED) is 0.780. The van der Waals surface area contributed by atoms with Gasteiger partial charge in [-0.2, -0.15) is 0 Å². The molecule has 0 bridgehead atoms. The van der Waals surface area contributed by atoms with Crippen LogP contribution in [0.3, 0.4) is 0 Å². The maximum atomic E-state index is 11.7. The van der Waals surface area contributed by atoms with E-state index in [4.69, 9.17) is 9.47 Å². The predicted molar refractivity (Wildman–Crippen MR) is 108 cm³/mol. The van der Waals surface area contributed by atoms with Gasteiger partial charge in [0.2, 0.25) is 5.91 Å². The lowest BCUT2D eigenvalue weighted by atomic mass is 9.81. The molecule has 1 saturated carbocycles. The first-order valence-electron chi connectivity index (χ1n) is 11.2. The number of nitrogens with zero attached hydrogens (tertiary/aromatic N) is 2. The summed E-state index contributed by atoms with van der Waals surface area (Å²) in [6.07, 6.45) is 10.4. The third kappa shape index (κ3) is 3.61. The van der Waals surface area contributed by atoms with Crippen LogP contribution in [0.25, 0.3) is 0 Å². The average molecular weight is 385 g/mol. The van der Waals surface area contributed by atoms with E-state index in [1.807, 2.05) is 11.0 Å². The van der Waals surface area contributed by atoms with E-state index in [-0.39, 0.29) is 11.5 Å². The maximum Gasteiger partial charge on any atom is 0.222 e. The van der Waals surface area contributed by atoms with Crippen molar-refractivity contribution >= 4 is 5.91 Å². The second kappa shape index (κ2) is 7.58. The van der Waals surface area contributed by atoms with Crippen molar-refractivity contribution in [3.8, 4) is 11.5 Å². The number of fused-ring (bicyclic) bond motifs is 1. The molecule has 152 valence electrons. The molecule has 1 aliphatic carbocycles. The number of piperidine rings is 1. The summed E-state index contributed by atoms with van der Waals surface area (Å²) < 4.78 is 12.5. The zero-order valence-electron chi connectivity index (χ0n) is 16.8. The summed E-state index contributed by atoms with van der Waals surface area (Å²) in [5, 5.41) is 0. The molecule has 5 rings (SSSR count). The Kier molecular flexibility index (Phi) is 4.95. The van der Waals surface area contributed by atoms with E-state index in [9.17, 15) is 4.79 Å². The van der Waals surface area contributed by atoms with Crippen molar-refractivity contribution in [2.75, 3.05) is 32.8 Å². The lowest BCUT2D eigenvalue weighted by molar-refractivity contribution is -0.128. The zero-order chi connectivity index (χ0) is 19.0. The Morgan fingerprint density at radius 3 is 2.64 bits per heavy atom. The van der Waals surface area contributed by atoms with Crippen LogP contribution in [0.15, 0.2) is 18.2 Å². The fourth-order valence-electron chi connectivity index (χ4n) is 5.20. The molecule has 28 heavy (non-hydrogen) atoms. The van der Waals surface area contributed by atoms with Gasteiger partial charge in [-0.05, 0) is 68.7 Å². The Morgan fingerprint density at radius 1 is 1.07 bits per heavy atom. The number of hydrogen-bond donors (Lipinski definition) is 0. The highest BCUT2D eigenvalue weighted by Crippen LogP contribution is 2.41. The molecular weight excluding hydrogens is 352 g/mol. The number of carbonyl (C=O) groups excluding carboxylic acids is 1. The van der Waals surface area contributed by atoms with Gasteiger partial charge in [0.25, 0.3) is 0 Å². The number of rotatable bonds is 5. The van der Waals surface area contributed by atoms with E-state index >= 15 is 0 Å². The highest BCUT2D eigenvalue weighted by atomic mass is 16.5. The Morgan fingerprint density at radius 2 is 1.93 bits per heavy atom. The van der Waals surface area contributed by atoms with Crippen molar-refractivity contribution in [3.63, 3.8) is 0 Å². The second-order valence-electron chi connectivity index (χ2n) is 9.01. The molecular formula is C23H32N2O3. The first kappa shape index (κ1) is 18.3. The van der Waals surface area contributed by atoms with Crippen molar-refractivity contribution in [3.05, 3.63) is 23.8 Å². The minimum absolute atomic E-state index is 0.0474. The van der Waals surface area contributed by atoms with Crippen LogP contribution in [0.2, 0.25) is 0 Å². The molecule has 5 heteroatoms. The van der Waals surface area contributed by atoms with Crippen LogP contribution in [0, 0.1) is 0 Å². The van der Waals surface area contributed by atoms with Gasteiger partial charge in [-0.3, -0.25) is 4.79 Å². The smallest absolute Gasteiger partial charge is 0.222 e. The molecule has 0 radical (unpaired) electrons. The molecule has 4 aliphatic rings. The van der Waals surface area contributed by atoms with Gasteiger partial charge < -0.3 is 19.3 Å². The van der Waals surface area contributed by atoms with Crippen molar-refractivity contribution in [1.82, 2.24) is 9.80 Å². The van der Waals surface area contributed by atoms with Gasteiger partial charge in [-0.25, -0.2) is 0 Å². The fourth-order valence-corrected chi connectivity index (χ4v) is 5.20. The molecule has 5 nitrogen and oxygen atoms in total. The van der Waals surface area contributed by atoms with Crippen LogP contribution in [0.5, 0.6) is 11.5 Å². The number of benzene rings is 1. The summed E-state index contributed by atoms with van der Waals surface area (Å²) in [5.74, 6) is 2.20. The van der Waals surface area contributed by atoms with Gasteiger partial charge in [-0.1, -0.05) is 6.42 Å². The van der Waals surface area contributed by atoms with Crippen LogP contribution in [-0.2, 0) is 11.2 Å². The number of ether oxygens (including phenoxy) is 2. The molecule has 1 spiro atoms. The fraction of sp³-hybridized carbons (Fsp3) is 0.696. The maximum absolute atomic E-state index is 11.7. The van der Waals surface area contributed by atoms with Gasteiger partial charge >= 0.3 is 0 Å². The van der Waals surface area contributed by atoms with Crippen LogP contribution >= 0.6 is 0 Å². The van der Waals surface area contributed by atoms with Gasteiger partial charge in [0.1, 0.15) is 23.7 Å². The highest BCUT2D eigenvalue weighted by Gasteiger charge is 2.41. The summed E-state index contributed by atoms with van der Waals surface area (Å²) in [7, 11) is 0. The van der Waals surface area contributed by atoms with E-state index in [2.05, 4.69) is 17.0 Å². The van der Waals surface area contributed by atoms with E-state index in [1.54, 1.807) is 0 Å². The second-order valence-corrected chi connectivity index (χ2v) is 9.01. The van der Waals surface area contributed by atoms with Gasteiger partial charge in [0.15, 0.2) is 0 Å². The predicted octanol–water partition coefficient (Wildman–Crippen LogP) is 3.40. The first-order valence-corrected chi connectivity index (χ1v) is 11.2. The summed E-state index contributed by atoms with van der Waals surface area (Å²) in [4.78, 5) is 16.3. The number of likely N-dealkylation sites (tertiary alicyclic amines) is 2. The molecule has 0 N–H and O–H groups in total. The molecule has 3 fully saturated rings. The lowest BCUT2D eigenvalue weighted by Gasteiger charge is -2.48.